The molecule has 1 aliphatic heterocycles. The number of hydrogen-bond donors (Lipinski definition) is 0. The standard InChI is InChI=1S/C43H38N4O/c1-45-30-46(40-20-9-8-19-39(40)45)33-15-12-16-34(28-33)48-35-21-22-37-36-17-6-7-18-38(36)47(41(37)29-35)42-27-32(23-26-44-42)43(24-10-3-11-25-43)31-13-4-2-5-14-31/h2,4-9,12-23,26-29H,3,10-11,24-25,30H2,1H3/i24D2,25D2. The summed E-state index contributed by atoms with van der Waals surface area (Å²) in [6.45, 7) is 0.746. The Hall–Kier alpha value is -5.55. The van der Waals surface area contributed by atoms with Crippen LogP contribution in [0.2, 0.25) is 0 Å². The van der Waals surface area contributed by atoms with E-state index in [4.69, 9.17) is 9.72 Å². The highest BCUT2D eigenvalue weighted by molar-refractivity contribution is 6.09. The molecule has 0 N–H and O–H groups in total. The van der Waals surface area contributed by atoms with Gasteiger partial charge in [0.05, 0.1) is 29.1 Å². The maximum absolute atomic E-state index is 9.40. The van der Waals surface area contributed by atoms with Crippen molar-refractivity contribution in [3.63, 3.8) is 0 Å². The summed E-state index contributed by atoms with van der Waals surface area (Å²) in [6, 6.07) is 43.9. The molecule has 1 fully saturated rings. The van der Waals surface area contributed by atoms with Crippen LogP contribution in [0.4, 0.5) is 17.1 Å². The van der Waals surface area contributed by atoms with Gasteiger partial charge in [0.15, 0.2) is 0 Å². The third-order valence-electron chi connectivity index (χ3n) is 9.70. The van der Waals surface area contributed by atoms with E-state index in [9.17, 15) is 5.48 Å². The molecule has 1 saturated carbocycles. The Morgan fingerprint density at radius 2 is 1.40 bits per heavy atom. The number of aromatic nitrogens is 2. The lowest BCUT2D eigenvalue weighted by atomic mass is 9.65. The molecule has 5 nitrogen and oxygen atoms in total. The molecule has 0 amide bonds. The number of hydrogen-bond acceptors (Lipinski definition) is 4. The van der Waals surface area contributed by atoms with Crippen molar-refractivity contribution in [3.05, 3.63) is 151 Å². The largest absolute Gasteiger partial charge is 0.457 e. The second-order valence-corrected chi connectivity index (χ2v) is 12.6. The first-order valence-electron chi connectivity index (χ1n) is 18.6. The molecule has 0 radical (unpaired) electrons. The van der Waals surface area contributed by atoms with E-state index in [1.54, 1.807) is 12.3 Å². The highest BCUT2D eigenvalue weighted by Gasteiger charge is 2.36. The fourth-order valence-electron chi connectivity index (χ4n) is 7.45. The van der Waals surface area contributed by atoms with E-state index >= 15 is 0 Å². The maximum atomic E-state index is 9.40. The van der Waals surface area contributed by atoms with E-state index < -0.39 is 18.2 Å². The van der Waals surface area contributed by atoms with Gasteiger partial charge in [0, 0.05) is 52.7 Å². The van der Waals surface area contributed by atoms with Crippen LogP contribution in [0.5, 0.6) is 11.5 Å². The van der Waals surface area contributed by atoms with Gasteiger partial charge in [-0.2, -0.15) is 0 Å². The van der Waals surface area contributed by atoms with Crippen molar-refractivity contribution in [2.75, 3.05) is 23.5 Å². The van der Waals surface area contributed by atoms with Gasteiger partial charge in [0.25, 0.3) is 0 Å². The highest BCUT2D eigenvalue weighted by atomic mass is 16.5. The van der Waals surface area contributed by atoms with Gasteiger partial charge < -0.3 is 14.5 Å². The molecule has 2 aromatic heterocycles. The van der Waals surface area contributed by atoms with E-state index in [1.807, 2.05) is 72.8 Å². The van der Waals surface area contributed by atoms with Gasteiger partial charge in [-0.3, -0.25) is 4.57 Å². The van der Waals surface area contributed by atoms with Crippen molar-refractivity contribution in [2.24, 2.45) is 0 Å². The van der Waals surface area contributed by atoms with Crippen LogP contribution in [-0.2, 0) is 5.41 Å². The predicted octanol–water partition coefficient (Wildman–Crippen LogP) is 10.8. The van der Waals surface area contributed by atoms with Crippen LogP contribution in [0.1, 0.15) is 48.6 Å². The second kappa shape index (κ2) is 11.6. The zero-order valence-corrected chi connectivity index (χ0v) is 26.8. The molecule has 3 heterocycles. The van der Waals surface area contributed by atoms with E-state index in [0.29, 0.717) is 29.1 Å². The molecule has 0 bridgehead atoms. The molecule has 0 unspecified atom stereocenters. The smallest absolute Gasteiger partial charge is 0.137 e. The summed E-state index contributed by atoms with van der Waals surface area (Å²) in [5.41, 5.74) is 4.88. The Bertz CT molecular complexity index is 2450. The van der Waals surface area contributed by atoms with E-state index in [1.165, 1.54) is 5.69 Å². The first-order valence-corrected chi connectivity index (χ1v) is 16.6. The maximum Gasteiger partial charge on any atom is 0.137 e. The summed E-state index contributed by atoms with van der Waals surface area (Å²) in [7, 11) is 2.10. The van der Waals surface area contributed by atoms with Gasteiger partial charge in [0.2, 0.25) is 0 Å². The molecule has 2 aliphatic rings. The number of pyridine rings is 1. The van der Waals surface area contributed by atoms with Crippen molar-refractivity contribution < 1.29 is 10.2 Å². The van der Waals surface area contributed by atoms with Gasteiger partial charge in [0.1, 0.15) is 17.3 Å². The average Bonchev–Trinajstić information content (AvgIpc) is 3.66. The van der Waals surface area contributed by atoms with Crippen molar-refractivity contribution in [2.45, 2.75) is 37.4 Å². The summed E-state index contributed by atoms with van der Waals surface area (Å²) < 4.78 is 46.2. The number of anilines is 3. The number of para-hydroxylation sites is 3. The van der Waals surface area contributed by atoms with E-state index in [2.05, 4.69) is 76.0 Å². The van der Waals surface area contributed by atoms with Crippen LogP contribution in [0.3, 0.4) is 0 Å². The minimum absolute atomic E-state index is 0.261. The van der Waals surface area contributed by atoms with Crippen LogP contribution in [0, 0.1) is 0 Å². The molecule has 5 aromatic carbocycles. The van der Waals surface area contributed by atoms with Gasteiger partial charge in [-0.15, -0.1) is 0 Å². The summed E-state index contributed by atoms with van der Waals surface area (Å²) in [6.07, 6.45) is -1.01. The van der Waals surface area contributed by atoms with Crippen molar-refractivity contribution >= 4 is 38.9 Å². The minimum Gasteiger partial charge on any atom is -0.457 e. The number of fused-ring (bicyclic) bond motifs is 4. The zero-order valence-electron chi connectivity index (χ0n) is 30.8. The molecule has 0 spiro atoms. The Morgan fingerprint density at radius 3 is 2.27 bits per heavy atom. The second-order valence-electron chi connectivity index (χ2n) is 12.6. The minimum atomic E-state index is -1.85. The molecule has 236 valence electrons. The first kappa shape index (κ1) is 24.6. The van der Waals surface area contributed by atoms with Gasteiger partial charge in [-0.05, 0) is 78.5 Å². The zero-order chi connectivity index (χ0) is 35.7. The fraction of sp³-hybridized carbons (Fsp3) is 0.186. The lowest BCUT2D eigenvalue weighted by Crippen LogP contribution is -2.30. The predicted molar refractivity (Wildman–Crippen MR) is 197 cm³/mol. The topological polar surface area (TPSA) is 33.5 Å². The fourth-order valence-corrected chi connectivity index (χ4v) is 7.45. The van der Waals surface area contributed by atoms with Crippen LogP contribution in [0.25, 0.3) is 27.6 Å². The lowest BCUT2D eigenvalue weighted by Gasteiger charge is -2.38. The van der Waals surface area contributed by atoms with E-state index in [0.717, 1.165) is 45.6 Å². The summed E-state index contributed by atoms with van der Waals surface area (Å²) in [5.74, 6) is 1.98. The Morgan fingerprint density at radius 1 is 0.646 bits per heavy atom. The van der Waals surface area contributed by atoms with E-state index in [-0.39, 0.29) is 12.8 Å². The normalized spacial score (nSPS) is 18.9. The number of nitrogens with zero attached hydrogens (tertiary/aromatic N) is 4. The van der Waals surface area contributed by atoms with Crippen LogP contribution in [0.15, 0.2) is 140 Å². The lowest BCUT2D eigenvalue weighted by molar-refractivity contribution is 0.345. The molecular formula is C43H38N4O. The Balaban J connectivity index is 1.16. The quantitative estimate of drug-likeness (QED) is 0.183. The van der Waals surface area contributed by atoms with Crippen LogP contribution < -0.4 is 14.5 Å². The third-order valence-corrected chi connectivity index (χ3v) is 9.70. The van der Waals surface area contributed by atoms with Gasteiger partial charge >= 0.3 is 0 Å². The number of benzene rings is 5. The first-order chi connectivity index (χ1) is 25.2. The third kappa shape index (κ3) is 4.72. The van der Waals surface area contributed by atoms with Crippen molar-refractivity contribution in [3.8, 4) is 17.3 Å². The molecule has 48 heavy (non-hydrogen) atoms. The van der Waals surface area contributed by atoms with Crippen LogP contribution >= 0.6 is 0 Å². The highest BCUT2D eigenvalue weighted by Crippen LogP contribution is 2.46. The molecule has 0 saturated heterocycles. The number of rotatable bonds is 6. The molecular weight excluding hydrogens is 589 g/mol. The van der Waals surface area contributed by atoms with Crippen molar-refractivity contribution in [1.29, 1.82) is 0 Å². The molecule has 5 heteroatoms. The molecule has 7 aromatic rings. The average molecular weight is 631 g/mol. The summed E-state index contributed by atoms with van der Waals surface area (Å²) >= 11 is 0. The Labute approximate surface area is 287 Å². The molecule has 9 rings (SSSR count). The summed E-state index contributed by atoms with van der Waals surface area (Å²) in [4.78, 5) is 9.37. The number of ether oxygens (including phenoxy) is 1. The van der Waals surface area contributed by atoms with Gasteiger partial charge in [-0.25, -0.2) is 4.98 Å². The summed E-state index contributed by atoms with van der Waals surface area (Å²) in [5, 5.41) is 2.08. The molecule has 0 atom stereocenters. The van der Waals surface area contributed by atoms with Crippen LogP contribution in [-0.4, -0.2) is 23.3 Å². The molecule has 1 aliphatic carbocycles. The Kier molecular flexibility index (Phi) is 5.95. The van der Waals surface area contributed by atoms with Gasteiger partial charge in [-0.1, -0.05) is 86.0 Å². The van der Waals surface area contributed by atoms with Crippen molar-refractivity contribution in [1.82, 2.24) is 9.55 Å². The monoisotopic (exact) mass is 630 g/mol. The SMILES string of the molecule is [2H]C1([2H])CCCC([2H])([2H])C1(c1ccccc1)c1ccnc(-n2c3ccccc3c3ccc(Oc4cccc(N5CN(C)c6ccccc65)c4)cc32)c1.